The van der Waals surface area contributed by atoms with Crippen LogP contribution in [0.1, 0.15) is 5.56 Å². The summed E-state index contributed by atoms with van der Waals surface area (Å²) in [7, 11) is -2.98. The summed E-state index contributed by atoms with van der Waals surface area (Å²) in [6, 6.07) is 9.31. The van der Waals surface area contributed by atoms with Gasteiger partial charge in [0.1, 0.15) is 0 Å². The van der Waals surface area contributed by atoms with E-state index < -0.39 is 9.84 Å². The van der Waals surface area contributed by atoms with Gasteiger partial charge in [0.2, 0.25) is 0 Å². The Morgan fingerprint density at radius 3 is 2.79 bits per heavy atom. The van der Waals surface area contributed by atoms with Gasteiger partial charge in [-0.25, -0.2) is 13.4 Å². The molecule has 2 aliphatic rings. The van der Waals surface area contributed by atoms with Gasteiger partial charge in [-0.15, -0.1) is 0 Å². The molecule has 0 saturated carbocycles. The molecule has 1 aromatic rings. The van der Waals surface area contributed by atoms with E-state index in [9.17, 15) is 8.42 Å². The van der Waals surface area contributed by atoms with Gasteiger partial charge >= 0.3 is 0 Å². The van der Waals surface area contributed by atoms with Gasteiger partial charge in [-0.3, -0.25) is 0 Å². The quantitative estimate of drug-likeness (QED) is 0.631. The van der Waals surface area contributed by atoms with Crippen molar-refractivity contribution in [3.63, 3.8) is 0 Å². The fraction of sp³-hybridized carbons (Fsp3) is 0.333. The van der Waals surface area contributed by atoms with E-state index in [2.05, 4.69) is 10.4 Å². The zero-order valence-electron chi connectivity index (χ0n) is 10.1. The first kappa shape index (κ1) is 12.6. The highest BCUT2D eigenvalue weighted by Crippen LogP contribution is 2.24. The number of thiocarbonyl (C=S) groups is 1. The highest BCUT2D eigenvalue weighted by molar-refractivity contribution is 7.91. The Bertz CT molecular complexity index is 628. The maximum Gasteiger partial charge on any atom is 0.190 e. The molecule has 1 aromatic carbocycles. The second-order valence-electron chi connectivity index (χ2n) is 4.70. The molecule has 2 aliphatic heterocycles. The Morgan fingerprint density at radius 1 is 1.32 bits per heavy atom. The SMILES string of the molecule is O=S1(=O)C[C@H]2NC(=S)N(/N=C/c3ccccc3)[C@H]2C1. The average molecular weight is 295 g/mol. The minimum atomic E-state index is -2.98. The molecule has 100 valence electrons. The molecule has 7 heteroatoms. The maximum atomic E-state index is 11.6. The lowest BCUT2D eigenvalue weighted by Gasteiger charge is -2.16. The number of nitrogens with one attached hydrogen (secondary N) is 1. The Morgan fingerprint density at radius 2 is 2.05 bits per heavy atom. The lowest BCUT2D eigenvalue weighted by Crippen LogP contribution is -2.32. The summed E-state index contributed by atoms with van der Waals surface area (Å²) < 4.78 is 23.2. The third-order valence-electron chi connectivity index (χ3n) is 3.28. The molecular formula is C12H13N3O2S2. The second kappa shape index (κ2) is 4.57. The maximum absolute atomic E-state index is 11.6. The van der Waals surface area contributed by atoms with Crippen molar-refractivity contribution in [2.45, 2.75) is 12.1 Å². The lowest BCUT2D eigenvalue weighted by atomic mass is 10.2. The molecule has 0 amide bonds. The van der Waals surface area contributed by atoms with Gasteiger partial charge in [0, 0.05) is 0 Å². The van der Waals surface area contributed by atoms with E-state index in [1.165, 1.54) is 0 Å². The van der Waals surface area contributed by atoms with Gasteiger partial charge in [0.25, 0.3) is 0 Å². The summed E-state index contributed by atoms with van der Waals surface area (Å²) in [5, 5.41) is 9.45. The molecule has 0 radical (unpaired) electrons. The smallest absolute Gasteiger partial charge is 0.190 e. The zero-order valence-corrected chi connectivity index (χ0v) is 11.7. The number of sulfone groups is 1. The van der Waals surface area contributed by atoms with Crippen LogP contribution in [0, 0.1) is 0 Å². The van der Waals surface area contributed by atoms with E-state index in [0.29, 0.717) is 5.11 Å². The van der Waals surface area contributed by atoms with E-state index >= 15 is 0 Å². The Hall–Kier alpha value is -1.47. The molecular weight excluding hydrogens is 282 g/mol. The topological polar surface area (TPSA) is 61.8 Å². The molecule has 0 aromatic heterocycles. The highest BCUT2D eigenvalue weighted by Gasteiger charge is 2.47. The van der Waals surface area contributed by atoms with Crippen LogP contribution < -0.4 is 5.32 Å². The molecule has 5 nitrogen and oxygen atoms in total. The van der Waals surface area contributed by atoms with Gasteiger partial charge in [0.15, 0.2) is 14.9 Å². The van der Waals surface area contributed by atoms with Crippen LogP contribution in [0.25, 0.3) is 0 Å². The first-order valence-electron chi connectivity index (χ1n) is 5.94. The lowest BCUT2D eigenvalue weighted by molar-refractivity contribution is 0.374. The van der Waals surface area contributed by atoms with Crippen molar-refractivity contribution in [1.29, 1.82) is 0 Å². The second-order valence-corrected chi connectivity index (χ2v) is 7.24. The van der Waals surface area contributed by atoms with Crippen molar-refractivity contribution in [1.82, 2.24) is 10.3 Å². The molecule has 2 saturated heterocycles. The van der Waals surface area contributed by atoms with Crippen LogP contribution in [0.15, 0.2) is 35.4 Å². The molecule has 3 rings (SSSR count). The molecule has 2 atom stereocenters. The normalized spacial score (nSPS) is 28.6. The minimum Gasteiger partial charge on any atom is -0.355 e. The number of hydrogen-bond donors (Lipinski definition) is 1. The van der Waals surface area contributed by atoms with Crippen LogP contribution in [-0.2, 0) is 9.84 Å². The van der Waals surface area contributed by atoms with Crippen molar-refractivity contribution < 1.29 is 8.42 Å². The van der Waals surface area contributed by atoms with E-state index in [1.54, 1.807) is 11.2 Å². The Labute approximate surface area is 117 Å². The van der Waals surface area contributed by atoms with Crippen molar-refractivity contribution in [2.24, 2.45) is 5.10 Å². The van der Waals surface area contributed by atoms with Gasteiger partial charge in [-0.1, -0.05) is 30.3 Å². The largest absolute Gasteiger partial charge is 0.355 e. The molecule has 0 unspecified atom stereocenters. The number of hydrogen-bond acceptors (Lipinski definition) is 4. The Balaban J connectivity index is 1.81. The van der Waals surface area contributed by atoms with Crippen LogP contribution in [-0.4, -0.2) is 48.3 Å². The Kier molecular flexibility index (Phi) is 3.02. The van der Waals surface area contributed by atoms with Crippen LogP contribution >= 0.6 is 12.2 Å². The number of fused-ring (bicyclic) bond motifs is 1. The van der Waals surface area contributed by atoms with E-state index in [4.69, 9.17) is 12.2 Å². The third-order valence-corrected chi connectivity index (χ3v) is 5.31. The highest BCUT2D eigenvalue weighted by atomic mass is 32.2. The zero-order chi connectivity index (χ0) is 13.5. The predicted octanol–water partition coefficient (Wildman–Crippen LogP) is 0.376. The van der Waals surface area contributed by atoms with Crippen LogP contribution in [0.4, 0.5) is 0 Å². The summed E-state index contributed by atoms with van der Waals surface area (Å²) >= 11 is 5.19. The van der Waals surface area contributed by atoms with E-state index in [1.807, 2.05) is 30.3 Å². The first-order chi connectivity index (χ1) is 9.05. The fourth-order valence-corrected chi connectivity index (χ4v) is 4.61. The summed E-state index contributed by atoms with van der Waals surface area (Å²) in [4.78, 5) is 0. The monoisotopic (exact) mass is 295 g/mol. The number of benzene rings is 1. The number of hydrazone groups is 1. The third kappa shape index (κ3) is 2.48. The minimum absolute atomic E-state index is 0.108. The van der Waals surface area contributed by atoms with Crippen LogP contribution in [0.3, 0.4) is 0 Å². The van der Waals surface area contributed by atoms with E-state index in [-0.39, 0.29) is 23.6 Å². The first-order valence-corrected chi connectivity index (χ1v) is 8.17. The van der Waals surface area contributed by atoms with Gasteiger partial charge in [-0.2, -0.15) is 5.10 Å². The number of nitrogens with zero attached hydrogens (tertiary/aromatic N) is 2. The summed E-state index contributed by atoms with van der Waals surface area (Å²) in [6.45, 7) is 0. The average Bonchev–Trinajstić information content (AvgIpc) is 2.79. The molecule has 0 spiro atoms. The van der Waals surface area contributed by atoms with Crippen LogP contribution in [0.2, 0.25) is 0 Å². The van der Waals surface area contributed by atoms with Gasteiger partial charge in [-0.05, 0) is 17.8 Å². The van der Waals surface area contributed by atoms with Crippen LogP contribution in [0.5, 0.6) is 0 Å². The molecule has 2 heterocycles. The summed E-state index contributed by atoms with van der Waals surface area (Å²) in [6.07, 6.45) is 1.70. The molecule has 0 aliphatic carbocycles. The standard InChI is InChI=1S/C12H13N3O2S2/c16-19(17)7-10-11(8-19)15(12(18)14-10)13-6-9-4-2-1-3-5-9/h1-6,10-11H,7-8H2,(H,14,18)/b13-6+/t10-,11+/m1/s1. The van der Waals surface area contributed by atoms with E-state index in [0.717, 1.165) is 5.56 Å². The summed E-state index contributed by atoms with van der Waals surface area (Å²) in [5.74, 6) is 0.242. The van der Waals surface area contributed by atoms with Gasteiger partial charge < -0.3 is 5.32 Å². The van der Waals surface area contributed by atoms with Crippen molar-refractivity contribution in [3.8, 4) is 0 Å². The molecule has 0 bridgehead atoms. The summed E-state index contributed by atoms with van der Waals surface area (Å²) in [5.41, 5.74) is 0.953. The predicted molar refractivity (Wildman–Crippen MR) is 77.8 cm³/mol. The number of rotatable bonds is 2. The van der Waals surface area contributed by atoms with Crippen molar-refractivity contribution in [3.05, 3.63) is 35.9 Å². The fourth-order valence-electron chi connectivity index (χ4n) is 2.39. The molecule has 2 fully saturated rings. The molecule has 1 N–H and O–H groups in total. The van der Waals surface area contributed by atoms with Gasteiger partial charge in [0.05, 0.1) is 29.8 Å². The molecule has 19 heavy (non-hydrogen) atoms. The van der Waals surface area contributed by atoms with Crippen molar-refractivity contribution in [2.75, 3.05) is 11.5 Å². The van der Waals surface area contributed by atoms with Crippen molar-refractivity contribution >= 4 is 33.4 Å².